The molecule has 200 valence electrons. The third-order valence-corrected chi connectivity index (χ3v) is 5.97. The molecule has 0 heterocycles. The van der Waals surface area contributed by atoms with Gasteiger partial charge in [-0.15, -0.1) is 23.7 Å². The van der Waals surface area contributed by atoms with Gasteiger partial charge in [-0.3, -0.25) is 9.98 Å². The predicted molar refractivity (Wildman–Crippen MR) is 159 cm³/mol. The molecule has 0 bridgehead atoms. The van der Waals surface area contributed by atoms with Crippen molar-refractivity contribution in [3.05, 3.63) is 59.7 Å². The minimum Gasteiger partial charge on any atom is -0.251 e. The van der Waals surface area contributed by atoms with Crippen LogP contribution in [0.5, 0.6) is 0 Å². The Balaban J connectivity index is 0.00000684. The molecule has 3 heteroatoms. The summed E-state index contributed by atoms with van der Waals surface area (Å²) in [6.07, 6.45) is 11.8. The maximum atomic E-state index is 5.22. The van der Waals surface area contributed by atoms with E-state index in [9.17, 15) is 0 Å². The summed E-state index contributed by atoms with van der Waals surface area (Å²) in [4.78, 5) is 10.4. The standard InChI is InChI=1S/C34H44N2.Ni/c1-5-9-12-14-16-22-29-24-18-20-27-32(29)35-31(8-4)34(26-11-7-3)36-33-28-21-19-25-30(33)23-17-15-13-10-6-2;/h18-21,24-25,27-28H,5-11,16-17,22-23,26H2,1-4H3;/b35-31+,36-34+;. The van der Waals surface area contributed by atoms with E-state index < -0.39 is 0 Å². The summed E-state index contributed by atoms with van der Waals surface area (Å²) in [6.45, 7) is 8.76. The van der Waals surface area contributed by atoms with E-state index in [-0.39, 0.29) is 16.5 Å². The van der Waals surface area contributed by atoms with Crippen molar-refractivity contribution in [3.8, 4) is 23.7 Å². The van der Waals surface area contributed by atoms with Gasteiger partial charge in [-0.05, 0) is 68.2 Å². The minimum atomic E-state index is 0. The summed E-state index contributed by atoms with van der Waals surface area (Å²) in [5, 5.41) is 0. The quantitative estimate of drug-likeness (QED) is 0.138. The van der Waals surface area contributed by atoms with Crippen molar-refractivity contribution in [2.24, 2.45) is 9.98 Å². The number of para-hydroxylation sites is 2. The smallest absolute Gasteiger partial charge is 0.0666 e. The Morgan fingerprint density at radius 2 is 1.05 bits per heavy atom. The van der Waals surface area contributed by atoms with Crippen LogP contribution in [-0.4, -0.2) is 11.4 Å². The van der Waals surface area contributed by atoms with E-state index in [4.69, 9.17) is 9.98 Å². The maximum Gasteiger partial charge on any atom is 0.0666 e. The topological polar surface area (TPSA) is 24.7 Å². The fraction of sp³-hybridized carbons (Fsp3) is 0.471. The second kappa shape index (κ2) is 20.5. The molecule has 37 heavy (non-hydrogen) atoms. The second-order valence-electron chi connectivity index (χ2n) is 9.04. The van der Waals surface area contributed by atoms with E-state index in [0.29, 0.717) is 0 Å². The molecule has 0 atom stereocenters. The van der Waals surface area contributed by atoms with Gasteiger partial charge in [0, 0.05) is 42.2 Å². The molecule has 2 aromatic carbocycles. The third-order valence-electron chi connectivity index (χ3n) is 5.97. The Hall–Kier alpha value is -2.61. The summed E-state index contributed by atoms with van der Waals surface area (Å²) in [7, 11) is 0. The van der Waals surface area contributed by atoms with E-state index in [1.54, 1.807) is 0 Å². The molecule has 2 rings (SSSR count). The van der Waals surface area contributed by atoms with Crippen LogP contribution in [-0.2, 0) is 29.3 Å². The van der Waals surface area contributed by atoms with Crippen molar-refractivity contribution >= 4 is 22.8 Å². The van der Waals surface area contributed by atoms with E-state index in [0.717, 1.165) is 99.8 Å². The van der Waals surface area contributed by atoms with Gasteiger partial charge >= 0.3 is 0 Å². The monoisotopic (exact) mass is 538 g/mol. The molecule has 2 nitrogen and oxygen atoms in total. The first-order chi connectivity index (χ1) is 17.7. The number of hydrogen-bond acceptors (Lipinski definition) is 2. The largest absolute Gasteiger partial charge is 0.251 e. The maximum absolute atomic E-state index is 5.22. The van der Waals surface area contributed by atoms with Gasteiger partial charge in [0.05, 0.1) is 22.8 Å². The van der Waals surface area contributed by atoms with Crippen molar-refractivity contribution in [2.75, 3.05) is 0 Å². The molecular formula is C34H44N2Ni. The van der Waals surface area contributed by atoms with Gasteiger partial charge in [0.25, 0.3) is 0 Å². The molecular weight excluding hydrogens is 495 g/mol. The number of hydrogen-bond donors (Lipinski definition) is 0. The van der Waals surface area contributed by atoms with Gasteiger partial charge in [0.15, 0.2) is 0 Å². The number of aliphatic imine (C=N–C) groups is 2. The van der Waals surface area contributed by atoms with E-state index in [2.05, 4.69) is 99.9 Å². The number of unbranched alkanes of at least 4 members (excludes halogenated alkanes) is 3. The van der Waals surface area contributed by atoms with Crippen LogP contribution in [0.15, 0.2) is 58.5 Å². The molecule has 0 fully saturated rings. The Kier molecular flexibility index (Phi) is 17.9. The average molecular weight is 539 g/mol. The summed E-state index contributed by atoms with van der Waals surface area (Å²) in [6, 6.07) is 17.0. The van der Waals surface area contributed by atoms with Crippen LogP contribution >= 0.6 is 0 Å². The minimum absolute atomic E-state index is 0. The first kappa shape index (κ1) is 32.4. The number of nitrogens with zero attached hydrogens (tertiary/aromatic N) is 2. The first-order valence-electron chi connectivity index (χ1n) is 14.0. The molecule has 0 aliphatic rings. The Bertz CT molecular complexity index is 1110. The van der Waals surface area contributed by atoms with Gasteiger partial charge in [0.2, 0.25) is 0 Å². The summed E-state index contributed by atoms with van der Waals surface area (Å²) >= 11 is 0. The SMILES string of the molecule is CCCC#CCCc1ccccc1/N=C(CC)/C(CCCC)=N/c1ccccc1CCC#CCCC.[Ni]. The molecule has 0 radical (unpaired) electrons. The Labute approximate surface area is 236 Å². The van der Waals surface area contributed by atoms with Crippen molar-refractivity contribution < 1.29 is 16.5 Å². The van der Waals surface area contributed by atoms with Crippen LogP contribution in [0.3, 0.4) is 0 Å². The zero-order valence-corrected chi connectivity index (χ0v) is 24.3. The van der Waals surface area contributed by atoms with Crippen molar-refractivity contribution in [3.63, 3.8) is 0 Å². The molecule has 0 spiro atoms. The Morgan fingerprint density at radius 1 is 0.595 bits per heavy atom. The van der Waals surface area contributed by atoms with Crippen LogP contribution in [0, 0.1) is 23.7 Å². The molecule has 0 aliphatic carbocycles. The molecule has 0 saturated carbocycles. The second-order valence-corrected chi connectivity index (χ2v) is 9.04. The van der Waals surface area contributed by atoms with E-state index >= 15 is 0 Å². The Morgan fingerprint density at radius 3 is 1.51 bits per heavy atom. The average Bonchev–Trinajstić information content (AvgIpc) is 2.91. The molecule has 0 amide bonds. The fourth-order valence-corrected chi connectivity index (χ4v) is 3.91. The van der Waals surface area contributed by atoms with Crippen molar-refractivity contribution in [2.45, 2.75) is 105 Å². The molecule has 0 N–H and O–H groups in total. The first-order valence-corrected chi connectivity index (χ1v) is 14.0. The summed E-state index contributed by atoms with van der Waals surface area (Å²) in [5.74, 6) is 13.2. The van der Waals surface area contributed by atoms with Crippen molar-refractivity contribution in [1.82, 2.24) is 0 Å². The van der Waals surface area contributed by atoms with Gasteiger partial charge in [0.1, 0.15) is 0 Å². The summed E-state index contributed by atoms with van der Waals surface area (Å²) < 4.78 is 0. The van der Waals surface area contributed by atoms with Crippen LogP contribution in [0.1, 0.15) is 103 Å². The van der Waals surface area contributed by atoms with Gasteiger partial charge in [-0.2, -0.15) is 0 Å². The summed E-state index contributed by atoms with van der Waals surface area (Å²) in [5.41, 5.74) is 6.83. The third kappa shape index (κ3) is 12.5. The van der Waals surface area contributed by atoms with E-state index in [1.165, 1.54) is 11.1 Å². The van der Waals surface area contributed by atoms with Gasteiger partial charge < -0.3 is 0 Å². The molecule has 0 saturated heterocycles. The van der Waals surface area contributed by atoms with E-state index in [1.807, 2.05) is 0 Å². The van der Waals surface area contributed by atoms with Crippen LogP contribution in [0.4, 0.5) is 11.4 Å². The normalized spacial score (nSPS) is 11.1. The molecule has 0 aliphatic heterocycles. The molecule has 0 unspecified atom stereocenters. The van der Waals surface area contributed by atoms with Crippen LogP contribution < -0.4 is 0 Å². The zero-order valence-electron chi connectivity index (χ0n) is 23.3. The van der Waals surface area contributed by atoms with Crippen molar-refractivity contribution in [1.29, 1.82) is 0 Å². The number of benzene rings is 2. The predicted octanol–water partition coefficient (Wildman–Crippen LogP) is 9.60. The molecule has 2 aromatic rings. The number of aryl methyl sites for hydroxylation is 2. The van der Waals surface area contributed by atoms with Gasteiger partial charge in [-0.25, -0.2) is 0 Å². The molecule has 0 aromatic heterocycles. The number of rotatable bonds is 13. The fourth-order valence-electron chi connectivity index (χ4n) is 3.91. The zero-order chi connectivity index (χ0) is 25.8. The van der Waals surface area contributed by atoms with Crippen LogP contribution in [0.2, 0.25) is 0 Å². The van der Waals surface area contributed by atoms with Gasteiger partial charge in [-0.1, -0.05) is 70.5 Å². The van der Waals surface area contributed by atoms with Crippen LogP contribution in [0.25, 0.3) is 0 Å².